The van der Waals surface area contributed by atoms with Gasteiger partial charge in [0.05, 0.1) is 12.2 Å². The maximum Gasteiger partial charge on any atom is 0.226 e. The van der Waals surface area contributed by atoms with Gasteiger partial charge in [-0.3, -0.25) is 14.5 Å². The first kappa shape index (κ1) is 27.2. The molecule has 7 nitrogen and oxygen atoms in total. The summed E-state index contributed by atoms with van der Waals surface area (Å²) in [7, 11) is 3.93. The summed E-state index contributed by atoms with van der Waals surface area (Å²) in [6.45, 7) is 10.0. The number of aliphatic imine (C=N–C) groups is 1. The number of nitrogens with one attached hydrogen (secondary N) is 2. The van der Waals surface area contributed by atoms with Crippen LogP contribution < -0.4 is 10.6 Å². The molecule has 1 aromatic carbocycles. The average Bonchev–Trinajstić information content (AvgIpc) is 3.05. The lowest BCUT2D eigenvalue weighted by Crippen LogP contribution is -2.38. The third-order valence-electron chi connectivity index (χ3n) is 4.73. The molecule has 9 heteroatoms. The fourth-order valence-corrected chi connectivity index (χ4v) is 3.36. The number of amides is 1. The number of carbonyl (C=O) groups is 1. The van der Waals surface area contributed by atoms with Crippen molar-refractivity contribution >= 4 is 53.1 Å². The largest absolute Gasteiger partial charge is 0.357 e. The molecule has 172 valence electrons. The van der Waals surface area contributed by atoms with Crippen molar-refractivity contribution in [3.63, 3.8) is 0 Å². The van der Waals surface area contributed by atoms with Crippen molar-refractivity contribution in [3.8, 4) is 0 Å². The predicted molar refractivity (Wildman–Crippen MR) is 140 cm³/mol. The van der Waals surface area contributed by atoms with E-state index in [1.807, 2.05) is 50.8 Å². The fourth-order valence-electron chi connectivity index (χ4n) is 3.18. The van der Waals surface area contributed by atoms with Gasteiger partial charge in [-0.2, -0.15) is 5.10 Å². The molecule has 0 saturated heterocycles. The Balaban J connectivity index is 0.00000480. The van der Waals surface area contributed by atoms with Crippen LogP contribution >= 0.6 is 35.6 Å². The van der Waals surface area contributed by atoms with E-state index in [4.69, 9.17) is 11.6 Å². The van der Waals surface area contributed by atoms with Crippen molar-refractivity contribution in [3.05, 3.63) is 46.2 Å². The number of benzene rings is 1. The third-order valence-corrected chi connectivity index (χ3v) is 5.14. The normalized spacial score (nSPS) is 11.3. The quantitative estimate of drug-likeness (QED) is 0.282. The van der Waals surface area contributed by atoms with Crippen LogP contribution in [0.3, 0.4) is 0 Å². The average molecular weight is 561 g/mol. The Bertz CT molecular complexity index is 896. The first-order chi connectivity index (χ1) is 14.2. The molecule has 0 bridgehead atoms. The first-order valence-corrected chi connectivity index (χ1v) is 10.7. The molecular formula is C22H34ClIN6O. The van der Waals surface area contributed by atoms with E-state index in [1.165, 1.54) is 5.56 Å². The molecule has 31 heavy (non-hydrogen) atoms. The van der Waals surface area contributed by atoms with E-state index in [0.29, 0.717) is 30.5 Å². The third kappa shape index (κ3) is 7.99. The number of aromatic nitrogens is 2. The molecule has 2 rings (SSSR count). The van der Waals surface area contributed by atoms with Gasteiger partial charge in [-0.1, -0.05) is 31.5 Å². The zero-order valence-corrected chi connectivity index (χ0v) is 22.3. The molecule has 0 unspecified atom stereocenters. The highest BCUT2D eigenvalue weighted by Crippen LogP contribution is 2.23. The van der Waals surface area contributed by atoms with Crippen molar-refractivity contribution in [1.29, 1.82) is 0 Å². The van der Waals surface area contributed by atoms with Crippen LogP contribution in [0.1, 0.15) is 49.9 Å². The second-order valence-electron chi connectivity index (χ2n) is 7.67. The van der Waals surface area contributed by atoms with Crippen molar-refractivity contribution in [2.24, 2.45) is 12.0 Å². The van der Waals surface area contributed by atoms with Crippen LogP contribution in [0.2, 0.25) is 5.02 Å². The molecular weight excluding hydrogens is 527 g/mol. The second kappa shape index (κ2) is 12.9. The van der Waals surface area contributed by atoms with Crippen LogP contribution in [0.4, 0.5) is 5.69 Å². The van der Waals surface area contributed by atoms with Crippen LogP contribution in [0, 0.1) is 6.92 Å². The number of carbonyl (C=O) groups excluding carboxylic acids is 1. The minimum Gasteiger partial charge on any atom is -0.357 e. The Hall–Kier alpha value is -1.81. The van der Waals surface area contributed by atoms with E-state index in [-0.39, 0.29) is 29.9 Å². The first-order valence-electron chi connectivity index (χ1n) is 10.3. The summed E-state index contributed by atoms with van der Waals surface area (Å²) < 4.78 is 1.85. The van der Waals surface area contributed by atoms with Crippen molar-refractivity contribution in [2.45, 2.75) is 46.6 Å². The Morgan fingerprint density at radius 2 is 2.06 bits per heavy atom. The smallest absolute Gasteiger partial charge is 0.226 e. The molecule has 1 heterocycles. The summed E-state index contributed by atoms with van der Waals surface area (Å²) in [6, 6.07) is 5.48. The summed E-state index contributed by atoms with van der Waals surface area (Å²) in [5.41, 5.74) is 3.87. The van der Waals surface area contributed by atoms with Gasteiger partial charge in [0.2, 0.25) is 5.91 Å². The monoisotopic (exact) mass is 560 g/mol. The second-order valence-corrected chi connectivity index (χ2v) is 8.08. The fraction of sp³-hybridized carbons (Fsp3) is 0.500. The number of rotatable bonds is 8. The van der Waals surface area contributed by atoms with Gasteiger partial charge in [0.1, 0.15) is 0 Å². The molecule has 0 aliphatic heterocycles. The predicted octanol–water partition coefficient (Wildman–Crippen LogP) is 4.55. The Labute approximate surface area is 207 Å². The van der Waals surface area contributed by atoms with Crippen LogP contribution in [-0.2, 0) is 18.4 Å². The minimum atomic E-state index is -0.0861. The highest BCUT2D eigenvalue weighted by atomic mass is 127. The van der Waals surface area contributed by atoms with Crippen LogP contribution in [0.5, 0.6) is 0 Å². The van der Waals surface area contributed by atoms with Crippen LogP contribution in [0.15, 0.2) is 29.4 Å². The van der Waals surface area contributed by atoms with E-state index in [0.717, 1.165) is 29.4 Å². The van der Waals surface area contributed by atoms with Gasteiger partial charge in [-0.15, -0.1) is 24.0 Å². The summed E-state index contributed by atoms with van der Waals surface area (Å²) in [4.78, 5) is 19.0. The van der Waals surface area contributed by atoms with Gasteiger partial charge < -0.3 is 15.5 Å². The number of aryl methyl sites for hydroxylation is 1. The maximum absolute atomic E-state index is 12.3. The number of anilines is 1. The number of guanidine groups is 1. The molecule has 0 aliphatic carbocycles. The lowest BCUT2D eigenvalue weighted by molar-refractivity contribution is -0.116. The molecule has 1 amide bonds. The zero-order chi connectivity index (χ0) is 22.3. The van der Waals surface area contributed by atoms with Gasteiger partial charge in [0, 0.05) is 56.1 Å². The number of hydrogen-bond donors (Lipinski definition) is 2. The highest BCUT2D eigenvalue weighted by molar-refractivity contribution is 14.0. The van der Waals surface area contributed by atoms with Crippen molar-refractivity contribution in [1.82, 2.24) is 20.0 Å². The van der Waals surface area contributed by atoms with Gasteiger partial charge >= 0.3 is 0 Å². The van der Waals surface area contributed by atoms with Crippen molar-refractivity contribution in [2.75, 3.05) is 25.5 Å². The van der Waals surface area contributed by atoms with Gasteiger partial charge in [0.25, 0.3) is 0 Å². The maximum atomic E-state index is 12.3. The van der Waals surface area contributed by atoms with Crippen LogP contribution in [0.25, 0.3) is 0 Å². The molecule has 0 radical (unpaired) electrons. The molecule has 1 aromatic heterocycles. The highest BCUT2D eigenvalue weighted by Gasteiger charge is 2.15. The van der Waals surface area contributed by atoms with Crippen LogP contribution in [-0.4, -0.2) is 46.7 Å². The van der Waals surface area contributed by atoms with E-state index in [2.05, 4.69) is 45.7 Å². The number of hydrogen-bond acceptors (Lipinski definition) is 3. The Kier molecular flexibility index (Phi) is 11.3. The molecule has 0 aliphatic rings. The summed E-state index contributed by atoms with van der Waals surface area (Å²) in [5.74, 6) is 1.03. The van der Waals surface area contributed by atoms with Crippen molar-refractivity contribution < 1.29 is 4.79 Å². The zero-order valence-electron chi connectivity index (χ0n) is 19.2. The molecule has 0 fully saturated rings. The standard InChI is InChI=1S/C22H33ClN6O.HI/c1-7-24-22(28(5)13-17-14-29(6)27-21(17)15(2)3)25-12-11-20(30)26-19-10-8-9-18(23)16(19)4;/h8-10,14-15H,7,11-13H2,1-6H3,(H,24,25)(H,26,30);1H. The lowest BCUT2D eigenvalue weighted by atomic mass is 10.1. The SMILES string of the molecule is CCNC(=NCCC(=O)Nc1cccc(Cl)c1C)N(C)Cc1cn(C)nc1C(C)C.I. The van der Waals surface area contributed by atoms with E-state index < -0.39 is 0 Å². The summed E-state index contributed by atoms with van der Waals surface area (Å²) in [5, 5.41) is 11.4. The molecule has 0 saturated carbocycles. The molecule has 2 aromatic rings. The van der Waals surface area contributed by atoms with Gasteiger partial charge in [-0.05, 0) is 37.5 Å². The Morgan fingerprint density at radius 3 is 2.71 bits per heavy atom. The topological polar surface area (TPSA) is 74.6 Å². The Morgan fingerprint density at radius 1 is 1.35 bits per heavy atom. The molecule has 0 atom stereocenters. The number of nitrogens with zero attached hydrogens (tertiary/aromatic N) is 4. The van der Waals surface area contributed by atoms with E-state index in [9.17, 15) is 4.79 Å². The minimum absolute atomic E-state index is 0. The van der Waals surface area contributed by atoms with Gasteiger partial charge in [-0.25, -0.2) is 0 Å². The lowest BCUT2D eigenvalue weighted by Gasteiger charge is -2.22. The summed E-state index contributed by atoms with van der Waals surface area (Å²) in [6.07, 6.45) is 2.34. The molecule has 2 N–H and O–H groups in total. The van der Waals surface area contributed by atoms with E-state index in [1.54, 1.807) is 0 Å². The molecule has 0 spiro atoms. The number of halogens is 2. The van der Waals surface area contributed by atoms with E-state index >= 15 is 0 Å². The summed E-state index contributed by atoms with van der Waals surface area (Å²) >= 11 is 6.12. The van der Waals surface area contributed by atoms with Gasteiger partial charge in [0.15, 0.2) is 5.96 Å².